The normalized spacial score (nSPS) is 21.1. The number of aromatic nitrogens is 4. The first-order chi connectivity index (χ1) is 16.0. The van der Waals surface area contributed by atoms with Gasteiger partial charge in [0.2, 0.25) is 0 Å². The molecule has 1 aromatic heterocycles. The molecule has 0 aromatic carbocycles. The van der Waals surface area contributed by atoms with E-state index in [-0.39, 0.29) is 24.4 Å². The lowest BCUT2D eigenvalue weighted by molar-refractivity contribution is -0.157. The Morgan fingerprint density at radius 1 is 1.32 bits per heavy atom. The Morgan fingerprint density at radius 2 is 2.00 bits per heavy atom. The van der Waals surface area contributed by atoms with Gasteiger partial charge in [0.25, 0.3) is 0 Å². The van der Waals surface area contributed by atoms with Crippen molar-refractivity contribution < 1.29 is 18.4 Å². The van der Waals surface area contributed by atoms with Crippen molar-refractivity contribution in [2.75, 3.05) is 6.61 Å². The Hall–Kier alpha value is -2.59. The molecule has 2 rings (SSSR count). The SMILES string of the molecule is C/C=C(\C(CON=C(C)C1=CC=CC(OC(F)F)[C@H]1C)=C(\Cl)[C@H](C)C(C)C)n1nnn(C)c1=O. The summed E-state index contributed by atoms with van der Waals surface area (Å²) in [4.78, 5) is 18.1. The maximum atomic E-state index is 12.7. The second kappa shape index (κ2) is 12.2. The van der Waals surface area contributed by atoms with Crippen LogP contribution in [-0.2, 0) is 16.6 Å². The fourth-order valence-electron chi connectivity index (χ4n) is 3.46. The molecule has 0 fully saturated rings. The standard InChI is InChI=1S/C23H32ClF2N5O3/c1-8-19(31-23(32)30(7)28-29-31)18(21(24)14(4)13(2)3)12-33-27-16(6)17-10-9-11-20(15(17)5)34-22(25)26/h8-11,13-15,20,22H,12H2,1-7H3/b19-8+,21-18+,27-16?/t14-,15+,20?/m1/s1. The monoisotopic (exact) mass is 499 g/mol. The lowest BCUT2D eigenvalue weighted by Gasteiger charge is -2.26. The van der Waals surface area contributed by atoms with Gasteiger partial charge in [-0.2, -0.15) is 18.1 Å². The van der Waals surface area contributed by atoms with Crippen LogP contribution in [0.5, 0.6) is 0 Å². The predicted octanol–water partition coefficient (Wildman–Crippen LogP) is 4.76. The van der Waals surface area contributed by atoms with Gasteiger partial charge in [-0.15, -0.1) is 0 Å². The van der Waals surface area contributed by atoms with Gasteiger partial charge in [0, 0.05) is 23.6 Å². The molecule has 0 bridgehead atoms. The minimum atomic E-state index is -2.87. The van der Waals surface area contributed by atoms with Crippen molar-refractivity contribution in [3.05, 3.63) is 51.0 Å². The Labute approximate surface area is 203 Å². The first-order valence-corrected chi connectivity index (χ1v) is 11.4. The van der Waals surface area contributed by atoms with Gasteiger partial charge in [0.05, 0.1) is 17.5 Å². The van der Waals surface area contributed by atoms with Gasteiger partial charge in [0.1, 0.15) is 6.61 Å². The van der Waals surface area contributed by atoms with E-state index < -0.39 is 18.4 Å². The first-order valence-electron chi connectivity index (χ1n) is 11.0. The van der Waals surface area contributed by atoms with Crippen molar-refractivity contribution in [2.45, 2.75) is 54.3 Å². The van der Waals surface area contributed by atoms with E-state index in [0.29, 0.717) is 22.0 Å². The minimum Gasteiger partial charge on any atom is -0.391 e. The average molecular weight is 500 g/mol. The number of rotatable bonds is 10. The maximum absolute atomic E-state index is 12.7. The van der Waals surface area contributed by atoms with E-state index >= 15 is 0 Å². The second-order valence-corrected chi connectivity index (χ2v) is 8.84. The zero-order valence-corrected chi connectivity index (χ0v) is 21.3. The molecule has 0 aliphatic heterocycles. The van der Waals surface area contributed by atoms with Crippen molar-refractivity contribution >= 4 is 23.0 Å². The summed E-state index contributed by atoms with van der Waals surface area (Å²) in [5, 5.41) is 12.4. The average Bonchev–Trinajstić information content (AvgIpc) is 3.11. The molecular formula is C23H32ClF2N5O3. The van der Waals surface area contributed by atoms with E-state index in [4.69, 9.17) is 16.4 Å². The first kappa shape index (κ1) is 27.7. The van der Waals surface area contributed by atoms with Gasteiger partial charge in [-0.1, -0.05) is 68.8 Å². The quantitative estimate of drug-likeness (QED) is 0.263. The number of tetrazole rings is 1. The summed E-state index contributed by atoms with van der Waals surface area (Å²) in [6, 6.07) is 0. The molecule has 0 amide bonds. The van der Waals surface area contributed by atoms with Crippen LogP contribution in [0.4, 0.5) is 8.78 Å². The molecule has 1 aromatic rings. The number of ether oxygens (including phenoxy) is 1. The highest BCUT2D eigenvalue weighted by molar-refractivity contribution is 6.31. The third-order valence-electron chi connectivity index (χ3n) is 5.87. The summed E-state index contributed by atoms with van der Waals surface area (Å²) < 4.78 is 32.4. The molecule has 1 unspecified atom stereocenters. The van der Waals surface area contributed by atoms with Crippen LogP contribution in [0.1, 0.15) is 41.5 Å². The Kier molecular flexibility index (Phi) is 9.93. The van der Waals surface area contributed by atoms with Crippen molar-refractivity contribution in [3.63, 3.8) is 0 Å². The molecule has 0 radical (unpaired) electrons. The molecule has 3 atom stereocenters. The third-order valence-corrected chi connectivity index (χ3v) is 6.44. The van der Waals surface area contributed by atoms with E-state index in [2.05, 4.69) is 20.3 Å². The predicted molar refractivity (Wildman–Crippen MR) is 128 cm³/mol. The Balaban J connectivity index is 2.33. The molecule has 0 saturated heterocycles. The lowest BCUT2D eigenvalue weighted by atomic mass is 9.88. The molecule has 0 saturated carbocycles. The van der Waals surface area contributed by atoms with E-state index in [0.717, 1.165) is 14.9 Å². The maximum Gasteiger partial charge on any atom is 0.368 e. The number of alkyl halides is 2. The van der Waals surface area contributed by atoms with E-state index in [9.17, 15) is 13.6 Å². The smallest absolute Gasteiger partial charge is 0.368 e. The van der Waals surface area contributed by atoms with Crippen LogP contribution in [0.2, 0.25) is 0 Å². The molecule has 34 heavy (non-hydrogen) atoms. The lowest BCUT2D eigenvalue weighted by Crippen LogP contribution is -2.28. The third kappa shape index (κ3) is 6.50. The molecule has 188 valence electrons. The van der Waals surface area contributed by atoms with Crippen LogP contribution >= 0.6 is 11.6 Å². The van der Waals surface area contributed by atoms with Crippen molar-refractivity contribution in [3.8, 4) is 0 Å². The Morgan fingerprint density at radius 3 is 2.53 bits per heavy atom. The number of allylic oxidation sites excluding steroid dienone is 4. The summed E-state index contributed by atoms with van der Waals surface area (Å²) in [5.41, 5.74) is 1.81. The number of nitrogens with zero attached hydrogens (tertiary/aromatic N) is 5. The van der Waals surface area contributed by atoms with Gasteiger partial charge in [-0.25, -0.2) is 4.79 Å². The molecule has 11 heteroatoms. The number of halogens is 3. The number of hydrogen-bond donors (Lipinski definition) is 0. The van der Waals surface area contributed by atoms with Gasteiger partial charge in [-0.3, -0.25) is 0 Å². The van der Waals surface area contributed by atoms with Crippen LogP contribution in [-0.4, -0.2) is 44.8 Å². The number of aryl methyl sites for hydroxylation is 1. The topological polar surface area (TPSA) is 83.5 Å². The minimum absolute atomic E-state index is 0.0221. The highest BCUT2D eigenvalue weighted by atomic mass is 35.5. The molecule has 0 N–H and O–H groups in total. The van der Waals surface area contributed by atoms with Crippen molar-refractivity contribution in [1.82, 2.24) is 19.8 Å². The van der Waals surface area contributed by atoms with Crippen LogP contribution in [0.25, 0.3) is 5.70 Å². The molecular weight excluding hydrogens is 468 g/mol. The summed E-state index contributed by atoms with van der Waals surface area (Å²) in [6.45, 7) is 8.44. The van der Waals surface area contributed by atoms with Gasteiger partial charge < -0.3 is 9.57 Å². The van der Waals surface area contributed by atoms with Crippen LogP contribution in [0, 0.1) is 17.8 Å². The van der Waals surface area contributed by atoms with Crippen LogP contribution < -0.4 is 5.69 Å². The zero-order valence-electron chi connectivity index (χ0n) is 20.5. The van der Waals surface area contributed by atoms with Gasteiger partial charge >= 0.3 is 12.3 Å². The van der Waals surface area contributed by atoms with Crippen LogP contribution in [0.15, 0.2) is 50.4 Å². The van der Waals surface area contributed by atoms with Crippen molar-refractivity contribution in [1.29, 1.82) is 0 Å². The largest absolute Gasteiger partial charge is 0.391 e. The fourth-order valence-corrected chi connectivity index (χ4v) is 3.87. The van der Waals surface area contributed by atoms with Gasteiger partial charge in [-0.05, 0) is 41.7 Å². The van der Waals surface area contributed by atoms with Gasteiger partial charge in [0.15, 0.2) is 0 Å². The number of oxime groups is 1. The molecule has 1 aliphatic rings. The number of hydrogen-bond acceptors (Lipinski definition) is 6. The highest BCUT2D eigenvalue weighted by Crippen LogP contribution is 2.31. The van der Waals surface area contributed by atoms with Crippen molar-refractivity contribution in [2.24, 2.45) is 30.0 Å². The molecule has 1 aliphatic carbocycles. The second-order valence-electron chi connectivity index (χ2n) is 8.44. The van der Waals surface area contributed by atoms with E-state index in [1.165, 1.54) is 7.05 Å². The summed E-state index contributed by atoms with van der Waals surface area (Å²) in [5.74, 6) is -0.127. The van der Waals surface area contributed by atoms with E-state index in [1.54, 1.807) is 45.1 Å². The summed E-state index contributed by atoms with van der Waals surface area (Å²) in [6.07, 6.45) is 5.98. The molecule has 8 nitrogen and oxygen atoms in total. The highest BCUT2D eigenvalue weighted by Gasteiger charge is 2.27. The van der Waals surface area contributed by atoms with E-state index in [1.807, 2.05) is 20.8 Å². The fraction of sp³-hybridized carbons (Fsp3) is 0.565. The summed E-state index contributed by atoms with van der Waals surface area (Å²) >= 11 is 6.76. The van der Waals surface area contributed by atoms with Crippen LogP contribution in [0.3, 0.4) is 0 Å². The molecule has 1 heterocycles. The summed E-state index contributed by atoms with van der Waals surface area (Å²) in [7, 11) is 1.50. The zero-order chi connectivity index (χ0) is 25.6. The molecule has 0 spiro atoms. The Bertz CT molecular complexity index is 1070.